The Bertz CT molecular complexity index is 666. The Morgan fingerprint density at radius 3 is 2.59 bits per heavy atom. The minimum absolute atomic E-state index is 0.0342. The average Bonchev–Trinajstić information content (AvgIpc) is 2.63. The number of carbonyl (C=O) groups is 2. The number of hydrogen-bond donors (Lipinski definition) is 2. The minimum atomic E-state index is -1.28. The molecule has 1 fully saturated rings. The number of benzene rings is 1. The molecule has 0 spiro atoms. The van der Waals surface area contributed by atoms with Crippen LogP contribution in [0.4, 0.5) is 0 Å². The van der Waals surface area contributed by atoms with E-state index >= 15 is 0 Å². The van der Waals surface area contributed by atoms with Crippen LogP contribution in [0.3, 0.4) is 0 Å². The summed E-state index contributed by atoms with van der Waals surface area (Å²) in [5.74, 6) is -1.04. The van der Waals surface area contributed by atoms with Gasteiger partial charge in [-0.05, 0) is 51.5 Å². The lowest BCUT2D eigenvalue weighted by molar-refractivity contribution is -0.167. The first kappa shape index (κ1) is 21.2. The molecule has 0 unspecified atom stereocenters. The molecule has 1 aliphatic heterocycles. The maximum absolute atomic E-state index is 12.5. The van der Waals surface area contributed by atoms with Crippen molar-refractivity contribution in [1.82, 2.24) is 4.90 Å². The van der Waals surface area contributed by atoms with Crippen molar-refractivity contribution in [1.29, 1.82) is 0 Å². The molecule has 0 radical (unpaired) electrons. The molecule has 1 aliphatic rings. The third-order valence-corrected chi connectivity index (χ3v) is 5.40. The van der Waals surface area contributed by atoms with Crippen LogP contribution in [0.5, 0.6) is 0 Å². The Hall–Kier alpha value is -2.14. The van der Waals surface area contributed by atoms with Crippen LogP contribution in [0.1, 0.15) is 51.5 Å². The number of aryl methyl sites for hydroxylation is 1. The molecule has 148 valence electrons. The summed E-state index contributed by atoms with van der Waals surface area (Å²) in [6, 6.07) is 9.91. The molecule has 2 N–H and O–H groups in total. The van der Waals surface area contributed by atoms with E-state index in [9.17, 15) is 19.8 Å². The number of carbonyl (C=O) groups excluding carboxylic acids is 1. The van der Waals surface area contributed by atoms with E-state index in [1.165, 1.54) is 0 Å². The molecule has 2 rings (SSSR count). The summed E-state index contributed by atoms with van der Waals surface area (Å²) in [6.45, 7) is 4.49. The van der Waals surface area contributed by atoms with Gasteiger partial charge in [-0.1, -0.05) is 42.0 Å². The monoisotopic (exact) mass is 373 g/mol. The molecular formula is C22H31NO4. The SMILES string of the molecule is CC(C)=CCCC(=O)N1CC[C@@H](O)[C@](CCCc2ccccc2)(C(=O)O)C1. The summed E-state index contributed by atoms with van der Waals surface area (Å²) in [7, 11) is 0. The number of rotatable bonds is 8. The summed E-state index contributed by atoms with van der Waals surface area (Å²) in [5, 5.41) is 20.4. The number of aliphatic hydroxyl groups is 1. The van der Waals surface area contributed by atoms with Crippen LogP contribution in [0, 0.1) is 5.41 Å². The predicted octanol–water partition coefficient (Wildman–Crippen LogP) is 3.42. The Kier molecular flexibility index (Phi) is 7.60. The fourth-order valence-corrected chi connectivity index (χ4v) is 3.75. The van der Waals surface area contributed by atoms with Crippen LogP contribution >= 0.6 is 0 Å². The smallest absolute Gasteiger partial charge is 0.314 e. The second-order valence-corrected chi connectivity index (χ2v) is 7.74. The number of likely N-dealkylation sites (tertiary alicyclic amines) is 1. The summed E-state index contributed by atoms with van der Waals surface area (Å²) in [5.41, 5.74) is 1.04. The number of aliphatic hydroxyl groups excluding tert-OH is 1. The van der Waals surface area contributed by atoms with Gasteiger partial charge < -0.3 is 15.1 Å². The third-order valence-electron chi connectivity index (χ3n) is 5.40. The van der Waals surface area contributed by atoms with E-state index in [0.717, 1.165) is 17.6 Å². The highest BCUT2D eigenvalue weighted by Crippen LogP contribution is 2.36. The normalized spacial score (nSPS) is 22.3. The molecule has 5 heteroatoms. The predicted molar refractivity (Wildman–Crippen MR) is 105 cm³/mol. The largest absolute Gasteiger partial charge is 0.481 e. The van der Waals surface area contributed by atoms with Crippen LogP contribution in [0.2, 0.25) is 0 Å². The number of amides is 1. The third kappa shape index (κ3) is 5.67. The summed E-state index contributed by atoms with van der Waals surface area (Å²) in [4.78, 5) is 26.2. The van der Waals surface area contributed by atoms with E-state index in [2.05, 4.69) is 0 Å². The average molecular weight is 373 g/mol. The lowest BCUT2D eigenvalue weighted by atomic mass is 9.73. The molecule has 1 heterocycles. The van der Waals surface area contributed by atoms with Crippen LogP contribution < -0.4 is 0 Å². The van der Waals surface area contributed by atoms with Gasteiger partial charge in [0.25, 0.3) is 0 Å². The second-order valence-electron chi connectivity index (χ2n) is 7.74. The molecule has 0 aliphatic carbocycles. The Morgan fingerprint density at radius 2 is 1.96 bits per heavy atom. The molecule has 1 amide bonds. The van der Waals surface area contributed by atoms with Gasteiger partial charge in [-0.2, -0.15) is 0 Å². The topological polar surface area (TPSA) is 77.8 Å². The van der Waals surface area contributed by atoms with E-state index in [4.69, 9.17) is 0 Å². The van der Waals surface area contributed by atoms with Crippen molar-refractivity contribution in [2.45, 2.75) is 58.5 Å². The Balaban J connectivity index is 2.02. The standard InChI is InChI=1S/C22H31NO4/c1-17(2)8-6-12-20(25)23-15-13-19(24)22(16-23,21(26)27)14-7-11-18-9-4-3-5-10-18/h3-5,8-10,19,24H,6-7,11-16H2,1-2H3,(H,26,27)/t19-,22-/m1/s1. The highest BCUT2D eigenvalue weighted by atomic mass is 16.4. The molecule has 0 saturated carbocycles. The van der Waals surface area contributed by atoms with Crippen LogP contribution in [-0.4, -0.2) is 46.2 Å². The van der Waals surface area contributed by atoms with Gasteiger partial charge in [0, 0.05) is 19.5 Å². The lowest BCUT2D eigenvalue weighted by Gasteiger charge is -2.43. The number of piperidine rings is 1. The van der Waals surface area contributed by atoms with E-state index in [-0.39, 0.29) is 12.5 Å². The highest BCUT2D eigenvalue weighted by molar-refractivity contribution is 5.80. The maximum atomic E-state index is 12.5. The molecule has 27 heavy (non-hydrogen) atoms. The van der Waals surface area contributed by atoms with Crippen molar-refractivity contribution in [3.8, 4) is 0 Å². The summed E-state index contributed by atoms with van der Waals surface area (Å²) >= 11 is 0. The highest BCUT2D eigenvalue weighted by Gasteiger charge is 2.49. The fraction of sp³-hybridized carbons (Fsp3) is 0.545. The molecular weight excluding hydrogens is 342 g/mol. The number of carboxylic acid groups (broad SMARTS) is 1. The second kappa shape index (κ2) is 9.70. The lowest BCUT2D eigenvalue weighted by Crippen LogP contribution is -2.57. The zero-order chi connectivity index (χ0) is 19.9. The first-order chi connectivity index (χ1) is 12.8. The van der Waals surface area contributed by atoms with E-state index in [1.54, 1.807) is 4.90 Å². The van der Waals surface area contributed by atoms with Gasteiger partial charge in [0.1, 0.15) is 5.41 Å². The maximum Gasteiger partial charge on any atom is 0.314 e. The number of aliphatic carboxylic acids is 1. The molecule has 0 bridgehead atoms. The zero-order valence-corrected chi connectivity index (χ0v) is 16.4. The van der Waals surface area contributed by atoms with Crippen molar-refractivity contribution < 1.29 is 19.8 Å². The Labute approximate surface area is 161 Å². The first-order valence-corrected chi connectivity index (χ1v) is 9.71. The van der Waals surface area contributed by atoms with Gasteiger partial charge in [-0.25, -0.2) is 0 Å². The molecule has 5 nitrogen and oxygen atoms in total. The minimum Gasteiger partial charge on any atom is -0.481 e. The van der Waals surface area contributed by atoms with Crippen molar-refractivity contribution in [3.05, 3.63) is 47.5 Å². The number of nitrogens with zero attached hydrogens (tertiary/aromatic N) is 1. The van der Waals surface area contributed by atoms with E-state index in [0.29, 0.717) is 38.6 Å². The van der Waals surface area contributed by atoms with Gasteiger partial charge in [0.15, 0.2) is 0 Å². The molecule has 1 aromatic rings. The quantitative estimate of drug-likeness (QED) is 0.685. The van der Waals surface area contributed by atoms with Crippen molar-refractivity contribution in [3.63, 3.8) is 0 Å². The number of allylic oxidation sites excluding steroid dienone is 2. The molecule has 1 saturated heterocycles. The van der Waals surface area contributed by atoms with Gasteiger partial charge in [0.05, 0.1) is 6.10 Å². The summed E-state index contributed by atoms with van der Waals surface area (Å²) in [6.07, 6.45) is 4.22. The summed E-state index contributed by atoms with van der Waals surface area (Å²) < 4.78 is 0. The zero-order valence-electron chi connectivity index (χ0n) is 16.4. The molecule has 0 aromatic heterocycles. The number of carboxylic acids is 1. The van der Waals surface area contributed by atoms with Crippen molar-refractivity contribution in [2.24, 2.45) is 5.41 Å². The molecule has 1 aromatic carbocycles. The van der Waals surface area contributed by atoms with Gasteiger partial charge in [-0.3, -0.25) is 9.59 Å². The van der Waals surface area contributed by atoms with Gasteiger partial charge in [-0.15, -0.1) is 0 Å². The van der Waals surface area contributed by atoms with E-state index in [1.807, 2.05) is 50.3 Å². The number of hydrogen-bond acceptors (Lipinski definition) is 3. The van der Waals surface area contributed by atoms with E-state index < -0.39 is 17.5 Å². The van der Waals surface area contributed by atoms with Crippen LogP contribution in [0.25, 0.3) is 0 Å². The van der Waals surface area contributed by atoms with Crippen LogP contribution in [0.15, 0.2) is 42.0 Å². The van der Waals surface area contributed by atoms with Gasteiger partial charge in [0.2, 0.25) is 5.91 Å². The van der Waals surface area contributed by atoms with Crippen LogP contribution in [-0.2, 0) is 16.0 Å². The van der Waals surface area contributed by atoms with Crippen molar-refractivity contribution in [2.75, 3.05) is 13.1 Å². The van der Waals surface area contributed by atoms with Crippen molar-refractivity contribution >= 4 is 11.9 Å². The molecule has 2 atom stereocenters. The first-order valence-electron chi connectivity index (χ1n) is 9.71. The Morgan fingerprint density at radius 1 is 1.26 bits per heavy atom. The van der Waals surface area contributed by atoms with Gasteiger partial charge >= 0.3 is 5.97 Å². The fourth-order valence-electron chi connectivity index (χ4n) is 3.75.